The largest absolute Gasteiger partial charge is 0.325 e. The lowest BCUT2D eigenvalue weighted by Crippen LogP contribution is -2.28. The zero-order chi connectivity index (χ0) is 20.0. The summed E-state index contributed by atoms with van der Waals surface area (Å²) in [5, 5.41) is 2.67. The number of benzene rings is 2. The first kappa shape index (κ1) is 20.7. The topological polar surface area (TPSA) is 83.6 Å². The molecular formula is C19H21FN2O4S. The van der Waals surface area contributed by atoms with Crippen LogP contribution in [0.5, 0.6) is 0 Å². The second-order valence-corrected chi connectivity index (χ2v) is 8.08. The van der Waals surface area contributed by atoms with Crippen LogP contribution in [-0.4, -0.2) is 38.0 Å². The van der Waals surface area contributed by atoms with Crippen LogP contribution in [0.25, 0.3) is 0 Å². The van der Waals surface area contributed by atoms with Gasteiger partial charge in [0.25, 0.3) is 0 Å². The van der Waals surface area contributed by atoms with E-state index < -0.39 is 15.8 Å². The number of amides is 1. The van der Waals surface area contributed by atoms with Crippen LogP contribution >= 0.6 is 0 Å². The molecule has 0 unspecified atom stereocenters. The van der Waals surface area contributed by atoms with Gasteiger partial charge < -0.3 is 5.32 Å². The van der Waals surface area contributed by atoms with Crippen LogP contribution in [0.1, 0.15) is 30.1 Å². The summed E-state index contributed by atoms with van der Waals surface area (Å²) in [4.78, 5) is 23.7. The van der Waals surface area contributed by atoms with E-state index in [2.05, 4.69) is 5.32 Å². The highest BCUT2D eigenvalue weighted by molar-refractivity contribution is 7.89. The smallest absolute Gasteiger partial charge is 0.242 e. The molecule has 0 aromatic heterocycles. The molecule has 27 heavy (non-hydrogen) atoms. The molecule has 0 spiro atoms. The lowest BCUT2D eigenvalue weighted by molar-refractivity contribution is -0.116. The number of para-hydroxylation sites is 1. The summed E-state index contributed by atoms with van der Waals surface area (Å²) in [5.41, 5.74) is 0.851. The third-order valence-corrected chi connectivity index (χ3v) is 5.85. The number of Topliss-reactive ketones (excluding diaryl/α,β-unsaturated/α-hetero) is 1. The van der Waals surface area contributed by atoms with Gasteiger partial charge in [0.1, 0.15) is 5.82 Å². The molecular weight excluding hydrogens is 371 g/mol. The molecule has 0 atom stereocenters. The summed E-state index contributed by atoms with van der Waals surface area (Å²) < 4.78 is 38.9. The predicted octanol–water partition coefficient (Wildman–Crippen LogP) is 3.07. The van der Waals surface area contributed by atoms with Gasteiger partial charge in [-0.2, -0.15) is 0 Å². The fourth-order valence-electron chi connectivity index (χ4n) is 2.48. The predicted molar refractivity (Wildman–Crippen MR) is 101 cm³/mol. The van der Waals surface area contributed by atoms with Crippen molar-refractivity contribution in [2.45, 2.75) is 24.7 Å². The van der Waals surface area contributed by atoms with E-state index in [0.29, 0.717) is 17.7 Å². The number of nitrogens with zero attached hydrogens (tertiary/aromatic N) is 1. The van der Waals surface area contributed by atoms with Gasteiger partial charge in [-0.3, -0.25) is 9.59 Å². The van der Waals surface area contributed by atoms with Gasteiger partial charge in [0, 0.05) is 25.6 Å². The van der Waals surface area contributed by atoms with Gasteiger partial charge >= 0.3 is 0 Å². The molecule has 6 nitrogen and oxygen atoms in total. The molecule has 0 saturated heterocycles. The standard InChI is InChI=1S/C19H21FN2O4S/c1-14(23)17-6-3-4-7-18(17)21-19(24)8-5-13-22(2)27(25,26)16-11-9-15(20)10-12-16/h3-4,6-7,9-12H,5,8,13H2,1-2H3,(H,21,24). The second kappa shape index (κ2) is 8.88. The van der Waals surface area contributed by atoms with E-state index in [9.17, 15) is 22.4 Å². The van der Waals surface area contributed by atoms with Crippen molar-refractivity contribution in [3.8, 4) is 0 Å². The Bertz CT molecular complexity index is 927. The molecule has 0 heterocycles. The van der Waals surface area contributed by atoms with Crippen molar-refractivity contribution in [2.24, 2.45) is 0 Å². The van der Waals surface area contributed by atoms with Crippen molar-refractivity contribution >= 4 is 27.4 Å². The minimum absolute atomic E-state index is 0.00811. The first-order chi connectivity index (χ1) is 12.7. The molecule has 1 amide bonds. The molecule has 8 heteroatoms. The molecule has 1 N–H and O–H groups in total. The molecule has 2 rings (SSSR count). The van der Waals surface area contributed by atoms with E-state index in [1.807, 2.05) is 0 Å². The van der Waals surface area contributed by atoms with Crippen LogP contribution in [-0.2, 0) is 14.8 Å². The Morgan fingerprint density at radius 1 is 1.07 bits per heavy atom. The van der Waals surface area contributed by atoms with Gasteiger partial charge in [-0.05, 0) is 49.7 Å². The number of ketones is 1. The number of sulfonamides is 1. The summed E-state index contributed by atoms with van der Waals surface area (Å²) in [5.74, 6) is -0.980. The Kier molecular flexibility index (Phi) is 6.81. The third kappa shape index (κ3) is 5.45. The van der Waals surface area contributed by atoms with Crippen LogP contribution in [0.15, 0.2) is 53.4 Å². The van der Waals surface area contributed by atoms with Crippen LogP contribution in [0.4, 0.5) is 10.1 Å². The molecule has 0 fully saturated rings. The van der Waals surface area contributed by atoms with Crippen LogP contribution in [0.2, 0.25) is 0 Å². The number of halogens is 1. The maximum atomic E-state index is 13.0. The summed E-state index contributed by atoms with van der Waals surface area (Å²) in [7, 11) is -2.34. The maximum absolute atomic E-state index is 13.0. The van der Waals surface area contributed by atoms with Crippen LogP contribution in [0.3, 0.4) is 0 Å². The number of nitrogens with one attached hydrogen (secondary N) is 1. The zero-order valence-electron chi connectivity index (χ0n) is 15.1. The highest BCUT2D eigenvalue weighted by atomic mass is 32.2. The van der Waals surface area contributed by atoms with Gasteiger partial charge in [0.05, 0.1) is 10.6 Å². The lowest BCUT2D eigenvalue weighted by atomic mass is 10.1. The Hall–Kier alpha value is -2.58. The van der Waals surface area contributed by atoms with Crippen molar-refractivity contribution in [1.29, 1.82) is 0 Å². The average Bonchev–Trinajstić information content (AvgIpc) is 2.62. The molecule has 0 aliphatic rings. The zero-order valence-corrected chi connectivity index (χ0v) is 15.9. The molecule has 0 bridgehead atoms. The SMILES string of the molecule is CC(=O)c1ccccc1NC(=O)CCCN(C)S(=O)(=O)c1ccc(F)cc1. The van der Waals surface area contributed by atoms with Crippen molar-refractivity contribution in [3.63, 3.8) is 0 Å². The molecule has 0 radical (unpaired) electrons. The Balaban J connectivity index is 1.91. The van der Waals surface area contributed by atoms with Gasteiger partial charge in [-0.15, -0.1) is 0 Å². The van der Waals surface area contributed by atoms with Crippen molar-refractivity contribution in [2.75, 3.05) is 18.9 Å². The molecule has 2 aromatic rings. The van der Waals surface area contributed by atoms with E-state index >= 15 is 0 Å². The summed E-state index contributed by atoms with van der Waals surface area (Å²) in [6, 6.07) is 11.3. The molecule has 0 saturated carbocycles. The van der Waals surface area contributed by atoms with Gasteiger partial charge in [0.2, 0.25) is 15.9 Å². The van der Waals surface area contributed by atoms with Crippen LogP contribution < -0.4 is 5.32 Å². The van der Waals surface area contributed by atoms with Crippen molar-refractivity contribution in [3.05, 3.63) is 59.9 Å². The first-order valence-electron chi connectivity index (χ1n) is 8.33. The lowest BCUT2D eigenvalue weighted by Gasteiger charge is -2.17. The molecule has 0 aliphatic carbocycles. The first-order valence-corrected chi connectivity index (χ1v) is 9.77. The summed E-state index contributed by atoms with van der Waals surface area (Å²) in [6.45, 7) is 1.54. The maximum Gasteiger partial charge on any atom is 0.242 e. The number of carbonyl (C=O) groups is 2. The normalized spacial score (nSPS) is 11.4. The fraction of sp³-hybridized carbons (Fsp3) is 0.263. The van der Waals surface area contributed by atoms with E-state index in [0.717, 1.165) is 16.4 Å². The molecule has 144 valence electrons. The van der Waals surface area contributed by atoms with Gasteiger partial charge in [-0.1, -0.05) is 12.1 Å². The highest BCUT2D eigenvalue weighted by Crippen LogP contribution is 2.17. The average molecular weight is 392 g/mol. The van der Waals surface area contributed by atoms with E-state index in [1.54, 1.807) is 24.3 Å². The second-order valence-electron chi connectivity index (χ2n) is 6.03. The minimum Gasteiger partial charge on any atom is -0.325 e. The minimum atomic E-state index is -3.74. The third-order valence-electron chi connectivity index (χ3n) is 3.98. The number of rotatable bonds is 8. The van der Waals surface area contributed by atoms with E-state index in [-0.39, 0.29) is 29.6 Å². The number of carbonyl (C=O) groups excluding carboxylic acids is 2. The Labute approximate surface area is 158 Å². The Morgan fingerprint density at radius 3 is 2.33 bits per heavy atom. The summed E-state index contributed by atoms with van der Waals surface area (Å²) >= 11 is 0. The van der Waals surface area contributed by atoms with Crippen molar-refractivity contribution in [1.82, 2.24) is 4.31 Å². The number of hydrogen-bond donors (Lipinski definition) is 1. The quantitative estimate of drug-likeness (QED) is 0.700. The van der Waals surface area contributed by atoms with Gasteiger partial charge in [-0.25, -0.2) is 17.1 Å². The summed E-state index contributed by atoms with van der Waals surface area (Å²) in [6.07, 6.45) is 0.389. The van der Waals surface area contributed by atoms with E-state index in [4.69, 9.17) is 0 Å². The highest BCUT2D eigenvalue weighted by Gasteiger charge is 2.20. The Morgan fingerprint density at radius 2 is 1.70 bits per heavy atom. The molecule has 0 aliphatic heterocycles. The fourth-order valence-corrected chi connectivity index (χ4v) is 3.69. The monoisotopic (exact) mass is 392 g/mol. The van der Waals surface area contributed by atoms with Crippen LogP contribution in [0, 0.1) is 5.82 Å². The molecule has 2 aromatic carbocycles. The number of hydrogen-bond acceptors (Lipinski definition) is 4. The van der Waals surface area contributed by atoms with E-state index in [1.165, 1.54) is 26.1 Å². The number of anilines is 1. The van der Waals surface area contributed by atoms with Crippen molar-refractivity contribution < 1.29 is 22.4 Å². The van der Waals surface area contributed by atoms with Gasteiger partial charge in [0.15, 0.2) is 5.78 Å².